The van der Waals surface area contributed by atoms with E-state index >= 15 is 0 Å². The van der Waals surface area contributed by atoms with Crippen LogP contribution < -0.4 is 35.3 Å². The van der Waals surface area contributed by atoms with Crippen LogP contribution in [0.15, 0.2) is 29.3 Å². The summed E-state index contributed by atoms with van der Waals surface area (Å²) in [6.45, 7) is 0.474. The molecule has 0 aliphatic carbocycles. The first-order chi connectivity index (χ1) is 7.52. The molecule has 2 rings (SSSR count). The molecule has 0 spiro atoms. The molecule has 0 radical (unpaired) electrons. The van der Waals surface area contributed by atoms with Crippen molar-refractivity contribution >= 4 is 21.0 Å². The van der Waals surface area contributed by atoms with E-state index < -0.39 is 10.1 Å². The van der Waals surface area contributed by atoms with Crippen LogP contribution in [-0.4, -0.2) is 24.5 Å². The van der Waals surface area contributed by atoms with E-state index in [0.717, 1.165) is 16.5 Å². The number of nitrogens with two attached hydrogens (primary N) is 1. The van der Waals surface area contributed by atoms with Gasteiger partial charge in [0.05, 0.1) is 4.90 Å². The van der Waals surface area contributed by atoms with Gasteiger partial charge in [-0.3, -0.25) is 0 Å². The molecular formula is C10H11N2NaO3S. The first kappa shape index (κ1) is 14.7. The molecule has 1 aromatic carbocycles. The van der Waals surface area contributed by atoms with Crippen molar-refractivity contribution in [1.82, 2.24) is 4.98 Å². The molecule has 5 nitrogen and oxygen atoms in total. The molecule has 0 saturated carbocycles. The Hall–Kier alpha value is -0.370. The van der Waals surface area contributed by atoms with Crippen molar-refractivity contribution < 1.29 is 42.5 Å². The van der Waals surface area contributed by atoms with Gasteiger partial charge in [-0.25, -0.2) is 8.42 Å². The third kappa shape index (κ3) is 3.09. The SMILES string of the molecule is NCCc1c[nH]c2ccc(S(=O)(=O)[O-])cc12.[Na+]. The summed E-state index contributed by atoms with van der Waals surface area (Å²) in [7, 11) is -4.40. The maximum Gasteiger partial charge on any atom is 1.00 e. The minimum atomic E-state index is -4.40. The summed E-state index contributed by atoms with van der Waals surface area (Å²) in [6.07, 6.45) is 2.42. The fraction of sp³-hybridized carbons (Fsp3) is 0.200. The fourth-order valence-corrected chi connectivity index (χ4v) is 2.17. The third-order valence-corrected chi connectivity index (χ3v) is 3.27. The van der Waals surface area contributed by atoms with Gasteiger partial charge in [0, 0.05) is 17.1 Å². The van der Waals surface area contributed by atoms with Gasteiger partial charge in [-0.15, -0.1) is 0 Å². The Bertz CT molecular complexity index is 622. The maximum absolute atomic E-state index is 10.9. The van der Waals surface area contributed by atoms with E-state index in [2.05, 4.69) is 4.98 Å². The van der Waals surface area contributed by atoms with E-state index in [1.54, 1.807) is 12.3 Å². The second kappa shape index (κ2) is 5.51. The van der Waals surface area contributed by atoms with Gasteiger partial charge in [0.25, 0.3) is 0 Å². The van der Waals surface area contributed by atoms with Gasteiger partial charge in [0.1, 0.15) is 10.1 Å². The summed E-state index contributed by atoms with van der Waals surface area (Å²) in [5, 5.41) is 0.738. The molecule has 0 saturated heterocycles. The second-order valence-corrected chi connectivity index (χ2v) is 4.89. The Kier molecular flexibility index (Phi) is 4.77. The largest absolute Gasteiger partial charge is 1.00 e. The van der Waals surface area contributed by atoms with E-state index in [-0.39, 0.29) is 34.5 Å². The summed E-state index contributed by atoms with van der Waals surface area (Å²) in [6, 6.07) is 4.27. The normalized spacial score (nSPS) is 11.4. The zero-order valence-corrected chi connectivity index (χ0v) is 12.3. The molecule has 0 unspecified atom stereocenters. The zero-order chi connectivity index (χ0) is 11.8. The predicted molar refractivity (Wildman–Crippen MR) is 59.0 cm³/mol. The molecule has 7 heteroatoms. The molecule has 0 aliphatic heterocycles. The number of aromatic nitrogens is 1. The van der Waals surface area contributed by atoms with Crippen LogP contribution in [0.1, 0.15) is 5.56 Å². The van der Waals surface area contributed by atoms with Crippen LogP contribution in [-0.2, 0) is 16.5 Å². The molecule has 0 aliphatic rings. The van der Waals surface area contributed by atoms with Crippen molar-refractivity contribution in [3.63, 3.8) is 0 Å². The Labute approximate surface area is 121 Å². The molecule has 1 aromatic heterocycles. The Morgan fingerprint density at radius 2 is 2.06 bits per heavy atom. The zero-order valence-electron chi connectivity index (χ0n) is 9.43. The van der Waals surface area contributed by atoms with Crippen LogP contribution in [0.3, 0.4) is 0 Å². The van der Waals surface area contributed by atoms with Gasteiger partial charge >= 0.3 is 29.6 Å². The second-order valence-electron chi connectivity index (χ2n) is 3.51. The minimum Gasteiger partial charge on any atom is -0.744 e. The number of fused-ring (bicyclic) bond motifs is 1. The molecule has 3 N–H and O–H groups in total. The smallest absolute Gasteiger partial charge is 0.744 e. The molecule has 2 aromatic rings. The topological polar surface area (TPSA) is 99.0 Å². The average Bonchev–Trinajstić information content (AvgIpc) is 2.60. The number of benzene rings is 1. The van der Waals surface area contributed by atoms with Gasteiger partial charge in [0.15, 0.2) is 0 Å². The molecule has 86 valence electrons. The van der Waals surface area contributed by atoms with E-state index in [0.29, 0.717) is 13.0 Å². The number of rotatable bonds is 3. The number of aromatic amines is 1. The Morgan fingerprint density at radius 3 is 2.65 bits per heavy atom. The third-order valence-electron chi connectivity index (χ3n) is 2.44. The van der Waals surface area contributed by atoms with Crippen LogP contribution in [0.2, 0.25) is 0 Å². The van der Waals surface area contributed by atoms with E-state index in [1.807, 2.05) is 0 Å². The van der Waals surface area contributed by atoms with E-state index in [1.165, 1.54) is 12.1 Å². The van der Waals surface area contributed by atoms with Gasteiger partial charge < -0.3 is 15.3 Å². The summed E-state index contributed by atoms with van der Waals surface area (Å²) in [5.41, 5.74) is 7.16. The van der Waals surface area contributed by atoms with Gasteiger partial charge in [-0.1, -0.05) is 0 Å². The quantitative estimate of drug-likeness (QED) is 0.475. The van der Waals surface area contributed by atoms with Crippen molar-refractivity contribution in [2.45, 2.75) is 11.3 Å². The van der Waals surface area contributed by atoms with Crippen LogP contribution >= 0.6 is 0 Å². The fourth-order valence-electron chi connectivity index (χ4n) is 1.68. The number of H-pyrrole nitrogens is 1. The summed E-state index contributed by atoms with van der Waals surface area (Å²) < 4.78 is 32.6. The summed E-state index contributed by atoms with van der Waals surface area (Å²) >= 11 is 0. The number of hydrogen-bond acceptors (Lipinski definition) is 4. The molecule has 0 bridgehead atoms. The van der Waals surface area contributed by atoms with Crippen LogP contribution in [0, 0.1) is 0 Å². The monoisotopic (exact) mass is 262 g/mol. The maximum atomic E-state index is 10.9. The molecule has 17 heavy (non-hydrogen) atoms. The number of hydrogen-bond donors (Lipinski definition) is 2. The van der Waals surface area contributed by atoms with Crippen molar-refractivity contribution in [2.75, 3.05) is 6.54 Å². The molecule has 0 amide bonds. The van der Waals surface area contributed by atoms with Crippen molar-refractivity contribution in [3.05, 3.63) is 30.0 Å². The average molecular weight is 262 g/mol. The van der Waals surface area contributed by atoms with E-state index in [4.69, 9.17) is 5.73 Å². The number of nitrogens with one attached hydrogen (secondary N) is 1. The molecule has 0 atom stereocenters. The van der Waals surface area contributed by atoms with Crippen molar-refractivity contribution in [2.24, 2.45) is 5.73 Å². The molecule has 0 fully saturated rings. The van der Waals surface area contributed by atoms with Crippen molar-refractivity contribution in [1.29, 1.82) is 0 Å². The van der Waals surface area contributed by atoms with Crippen LogP contribution in [0.25, 0.3) is 10.9 Å². The standard InChI is InChI=1S/C10H12N2O3S.Na/c11-4-3-7-6-12-10-2-1-8(5-9(7)10)16(13,14)15;/h1-2,5-6,12H,3-4,11H2,(H,13,14,15);/q;+1/p-1. The van der Waals surface area contributed by atoms with E-state index in [9.17, 15) is 13.0 Å². The van der Waals surface area contributed by atoms with Gasteiger partial charge in [0.2, 0.25) is 0 Å². The summed E-state index contributed by atoms with van der Waals surface area (Å²) in [5.74, 6) is 0. The molecular weight excluding hydrogens is 251 g/mol. The minimum absolute atomic E-state index is 0. The van der Waals surface area contributed by atoms with Crippen LogP contribution in [0.4, 0.5) is 0 Å². The van der Waals surface area contributed by atoms with Gasteiger partial charge in [-0.2, -0.15) is 0 Å². The van der Waals surface area contributed by atoms with Crippen molar-refractivity contribution in [3.8, 4) is 0 Å². The van der Waals surface area contributed by atoms with Crippen LogP contribution in [0.5, 0.6) is 0 Å². The first-order valence-electron chi connectivity index (χ1n) is 4.78. The molecule has 1 heterocycles. The predicted octanol–water partition coefficient (Wildman–Crippen LogP) is -2.42. The Morgan fingerprint density at radius 1 is 1.35 bits per heavy atom. The van der Waals surface area contributed by atoms with Gasteiger partial charge in [-0.05, 0) is 36.7 Å². The first-order valence-corrected chi connectivity index (χ1v) is 6.19. The Balaban J connectivity index is 0.00000144. The summed E-state index contributed by atoms with van der Waals surface area (Å²) in [4.78, 5) is 2.79.